The van der Waals surface area contributed by atoms with Crippen molar-refractivity contribution >= 4 is 22.0 Å². The van der Waals surface area contributed by atoms with Gasteiger partial charge in [0, 0.05) is 18.2 Å². The van der Waals surface area contributed by atoms with Crippen molar-refractivity contribution in [3.05, 3.63) is 53.5 Å². The highest BCUT2D eigenvalue weighted by Crippen LogP contribution is 2.25. The summed E-state index contributed by atoms with van der Waals surface area (Å²) < 4.78 is 42.0. The minimum atomic E-state index is -3.60. The lowest BCUT2D eigenvalue weighted by atomic mass is 10.1. The molecule has 0 aliphatic carbocycles. The van der Waals surface area contributed by atoms with Gasteiger partial charge in [-0.2, -0.15) is 4.31 Å². The fraction of sp³-hybridized carbons (Fsp3) is 0.400. The maximum absolute atomic E-state index is 12.8. The molecule has 1 fully saturated rings. The van der Waals surface area contributed by atoms with Crippen molar-refractivity contribution < 1.29 is 31.9 Å². The molecular formula is C20H23NO7S. The lowest BCUT2D eigenvalue weighted by Crippen LogP contribution is -2.41. The summed E-state index contributed by atoms with van der Waals surface area (Å²) in [6.45, 7) is 2.23. The minimum absolute atomic E-state index is 0.0302. The van der Waals surface area contributed by atoms with Gasteiger partial charge in [-0.15, -0.1) is 0 Å². The summed E-state index contributed by atoms with van der Waals surface area (Å²) in [4.78, 5) is 24.0. The van der Waals surface area contributed by atoms with Crippen LogP contribution in [-0.2, 0) is 26.1 Å². The Kier molecular flexibility index (Phi) is 6.39. The molecule has 0 saturated carbocycles. The van der Waals surface area contributed by atoms with Crippen LogP contribution in [0.5, 0.6) is 0 Å². The Hall–Kier alpha value is -2.65. The van der Waals surface area contributed by atoms with Crippen LogP contribution in [0.3, 0.4) is 0 Å². The van der Waals surface area contributed by atoms with E-state index in [1.807, 2.05) is 6.92 Å². The van der Waals surface area contributed by atoms with Crippen LogP contribution >= 0.6 is 0 Å². The molecule has 1 aliphatic heterocycles. The first kappa shape index (κ1) is 21.1. The molecule has 1 saturated heterocycles. The van der Waals surface area contributed by atoms with Gasteiger partial charge in [0.1, 0.15) is 6.61 Å². The summed E-state index contributed by atoms with van der Waals surface area (Å²) in [7, 11) is -2.38. The summed E-state index contributed by atoms with van der Waals surface area (Å²) >= 11 is 0. The molecule has 1 aromatic heterocycles. The molecule has 0 bridgehead atoms. The van der Waals surface area contributed by atoms with E-state index < -0.39 is 22.0 Å². The van der Waals surface area contributed by atoms with E-state index in [4.69, 9.17) is 9.15 Å². The smallest absolute Gasteiger partial charge is 0.374 e. The lowest BCUT2D eigenvalue weighted by molar-refractivity contribution is 0.0453. The third-order valence-corrected chi connectivity index (χ3v) is 6.94. The van der Waals surface area contributed by atoms with Crippen molar-refractivity contribution in [2.45, 2.75) is 43.7 Å². The number of benzene rings is 1. The van der Waals surface area contributed by atoms with Crippen LogP contribution in [0.15, 0.2) is 45.9 Å². The van der Waals surface area contributed by atoms with Crippen LogP contribution < -0.4 is 0 Å². The van der Waals surface area contributed by atoms with Gasteiger partial charge in [-0.25, -0.2) is 18.0 Å². The highest BCUT2D eigenvalue weighted by molar-refractivity contribution is 7.89. The molecule has 1 aromatic carbocycles. The molecule has 1 aliphatic rings. The fourth-order valence-corrected chi connectivity index (χ4v) is 4.97. The van der Waals surface area contributed by atoms with Crippen molar-refractivity contribution in [3.8, 4) is 0 Å². The molecule has 8 nitrogen and oxygen atoms in total. The van der Waals surface area contributed by atoms with Gasteiger partial charge >= 0.3 is 11.9 Å². The Bertz CT molecular complexity index is 979. The van der Waals surface area contributed by atoms with Crippen molar-refractivity contribution in [1.82, 2.24) is 4.31 Å². The summed E-state index contributed by atoms with van der Waals surface area (Å²) in [5.41, 5.74) is 0.585. The number of carbonyl (C=O) groups is 2. The summed E-state index contributed by atoms with van der Waals surface area (Å²) in [6, 6.07) is 7.11. The van der Waals surface area contributed by atoms with Gasteiger partial charge in [0.05, 0.1) is 23.8 Å². The molecule has 1 unspecified atom stereocenters. The summed E-state index contributed by atoms with van der Waals surface area (Å²) in [6.07, 6.45) is 4.00. The standard InChI is InChI=1S/C20H23NO7S/c1-14-5-3-4-11-21(14)29(24,25)17-8-6-15(7-9-17)19(22)28-13-16-10-12-27-18(16)20(23)26-2/h6-10,12,14H,3-5,11,13H2,1-2H3. The zero-order valence-electron chi connectivity index (χ0n) is 16.3. The van der Waals surface area contributed by atoms with Crippen LogP contribution in [0, 0.1) is 0 Å². The van der Waals surface area contributed by atoms with E-state index in [1.165, 1.54) is 48.0 Å². The SMILES string of the molecule is COC(=O)c1occc1COC(=O)c1ccc(S(=O)(=O)N2CCCCC2C)cc1. The number of rotatable bonds is 6. The molecule has 0 N–H and O–H groups in total. The van der Waals surface area contributed by atoms with E-state index in [-0.39, 0.29) is 28.9 Å². The van der Waals surface area contributed by atoms with Crippen LogP contribution in [0.2, 0.25) is 0 Å². The Morgan fingerprint density at radius 3 is 2.52 bits per heavy atom. The van der Waals surface area contributed by atoms with Gasteiger partial charge in [-0.1, -0.05) is 6.42 Å². The number of esters is 2. The Balaban J connectivity index is 1.68. The number of piperidine rings is 1. The molecule has 29 heavy (non-hydrogen) atoms. The topological polar surface area (TPSA) is 103 Å². The third-order valence-electron chi connectivity index (χ3n) is 4.91. The second kappa shape index (κ2) is 8.79. The summed E-state index contributed by atoms with van der Waals surface area (Å²) in [5, 5.41) is 0. The quantitative estimate of drug-likeness (QED) is 0.661. The van der Waals surface area contributed by atoms with Crippen molar-refractivity contribution in [2.24, 2.45) is 0 Å². The predicted molar refractivity (Wildman–Crippen MR) is 103 cm³/mol. The average Bonchev–Trinajstić information content (AvgIpc) is 3.20. The largest absolute Gasteiger partial charge is 0.463 e. The number of ether oxygens (including phenoxy) is 2. The number of carbonyl (C=O) groups excluding carboxylic acids is 2. The maximum Gasteiger partial charge on any atom is 0.374 e. The molecule has 156 valence electrons. The second-order valence-electron chi connectivity index (χ2n) is 6.83. The molecule has 0 amide bonds. The molecule has 0 spiro atoms. The van der Waals surface area contributed by atoms with Crippen LogP contribution in [0.25, 0.3) is 0 Å². The first-order valence-corrected chi connectivity index (χ1v) is 10.7. The number of hydrogen-bond donors (Lipinski definition) is 0. The lowest BCUT2D eigenvalue weighted by Gasteiger charge is -2.32. The average molecular weight is 421 g/mol. The Morgan fingerprint density at radius 2 is 1.86 bits per heavy atom. The van der Waals surface area contributed by atoms with Gasteiger partial charge in [-0.3, -0.25) is 0 Å². The fourth-order valence-electron chi connectivity index (χ4n) is 3.27. The van der Waals surface area contributed by atoms with Crippen LogP contribution in [-0.4, -0.2) is 44.4 Å². The van der Waals surface area contributed by atoms with Crippen LogP contribution in [0.1, 0.15) is 52.7 Å². The molecule has 2 heterocycles. The Labute approximate surface area is 169 Å². The van der Waals surface area contributed by atoms with Gasteiger partial charge < -0.3 is 13.9 Å². The van der Waals surface area contributed by atoms with Crippen LogP contribution in [0.4, 0.5) is 0 Å². The molecule has 1 atom stereocenters. The second-order valence-corrected chi connectivity index (χ2v) is 8.72. The van der Waals surface area contributed by atoms with Gasteiger partial charge in [0.15, 0.2) is 0 Å². The van der Waals surface area contributed by atoms with Crippen molar-refractivity contribution in [1.29, 1.82) is 0 Å². The molecule has 0 radical (unpaired) electrons. The molecule has 3 rings (SSSR count). The first-order chi connectivity index (χ1) is 13.8. The van der Waals surface area contributed by atoms with E-state index in [0.717, 1.165) is 19.3 Å². The van der Waals surface area contributed by atoms with Crippen molar-refractivity contribution in [3.63, 3.8) is 0 Å². The highest BCUT2D eigenvalue weighted by Gasteiger charge is 2.31. The number of hydrogen-bond acceptors (Lipinski definition) is 7. The highest BCUT2D eigenvalue weighted by atomic mass is 32.2. The number of methoxy groups -OCH3 is 1. The number of furan rings is 1. The van der Waals surface area contributed by atoms with Crippen molar-refractivity contribution in [2.75, 3.05) is 13.7 Å². The molecule has 2 aromatic rings. The predicted octanol–water partition coefficient (Wildman–Crippen LogP) is 2.99. The van der Waals surface area contributed by atoms with E-state index in [9.17, 15) is 18.0 Å². The van der Waals surface area contributed by atoms with E-state index in [0.29, 0.717) is 12.1 Å². The Morgan fingerprint density at radius 1 is 1.14 bits per heavy atom. The van der Waals surface area contributed by atoms with Gasteiger partial charge in [-0.05, 0) is 50.1 Å². The minimum Gasteiger partial charge on any atom is -0.463 e. The monoisotopic (exact) mass is 421 g/mol. The van der Waals surface area contributed by atoms with E-state index in [1.54, 1.807) is 0 Å². The number of sulfonamides is 1. The third kappa shape index (κ3) is 4.51. The maximum atomic E-state index is 12.8. The molecule has 9 heteroatoms. The zero-order chi connectivity index (χ0) is 21.0. The van der Waals surface area contributed by atoms with Gasteiger partial charge in [0.25, 0.3) is 0 Å². The van der Waals surface area contributed by atoms with E-state index >= 15 is 0 Å². The summed E-state index contributed by atoms with van der Waals surface area (Å²) in [5.74, 6) is -1.34. The normalized spacial score (nSPS) is 17.7. The van der Waals surface area contributed by atoms with Gasteiger partial charge in [0.2, 0.25) is 15.8 Å². The number of nitrogens with zero attached hydrogens (tertiary/aromatic N) is 1. The first-order valence-electron chi connectivity index (χ1n) is 9.28. The molecular weight excluding hydrogens is 398 g/mol. The van der Waals surface area contributed by atoms with E-state index in [2.05, 4.69) is 4.74 Å². The zero-order valence-corrected chi connectivity index (χ0v) is 17.1.